The van der Waals surface area contributed by atoms with Crippen LogP contribution in [0.3, 0.4) is 0 Å². The van der Waals surface area contributed by atoms with Crippen molar-refractivity contribution in [3.8, 4) is 0 Å². The predicted molar refractivity (Wildman–Crippen MR) is 98.8 cm³/mol. The van der Waals surface area contributed by atoms with Crippen molar-refractivity contribution in [1.29, 1.82) is 0 Å². The molecule has 1 nitrogen and oxygen atoms in total. The molecule has 0 aliphatic heterocycles. The lowest BCUT2D eigenvalue weighted by Crippen LogP contribution is -2.44. The minimum absolute atomic E-state index is 1.27. The molecule has 3 heteroatoms. The molecule has 0 spiro atoms. The fourth-order valence-corrected chi connectivity index (χ4v) is 13.4. The Balaban J connectivity index is 1.90. The van der Waals surface area contributed by atoms with E-state index in [4.69, 9.17) is 4.12 Å². The van der Waals surface area contributed by atoms with E-state index in [-0.39, 0.29) is 0 Å². The van der Waals surface area contributed by atoms with E-state index in [1.807, 2.05) is 0 Å². The van der Waals surface area contributed by atoms with Crippen LogP contribution in [0.15, 0.2) is 23.3 Å². The Hall–Kier alpha value is -0.126. The molecule has 0 saturated carbocycles. The van der Waals surface area contributed by atoms with Crippen LogP contribution in [0.2, 0.25) is 38.3 Å². The van der Waals surface area contributed by atoms with Gasteiger partial charge in [-0.3, -0.25) is 0 Å². The molecule has 0 radical (unpaired) electrons. The van der Waals surface area contributed by atoms with Gasteiger partial charge in [-0.15, -0.1) is 0 Å². The smallest absolute Gasteiger partial charge is 0.177 e. The van der Waals surface area contributed by atoms with Crippen LogP contribution in [0.4, 0.5) is 0 Å². The van der Waals surface area contributed by atoms with Crippen LogP contribution < -0.4 is 0 Å². The van der Waals surface area contributed by atoms with Gasteiger partial charge in [0, 0.05) is 0 Å². The third kappa shape index (κ3) is 6.25. The van der Waals surface area contributed by atoms with Crippen LogP contribution in [0.25, 0.3) is 0 Å². The van der Waals surface area contributed by atoms with Gasteiger partial charge in [0.2, 0.25) is 0 Å². The van der Waals surface area contributed by atoms with Crippen molar-refractivity contribution in [2.45, 2.75) is 89.6 Å². The number of hydrogen-bond donors (Lipinski definition) is 0. The van der Waals surface area contributed by atoms with E-state index in [0.29, 0.717) is 0 Å². The summed E-state index contributed by atoms with van der Waals surface area (Å²) >= 11 is 0. The van der Waals surface area contributed by atoms with E-state index >= 15 is 0 Å². The Morgan fingerprint density at radius 3 is 1.52 bits per heavy atom. The molecular formula is C18H34OSi2. The molecule has 0 aromatic carbocycles. The second-order valence-corrected chi connectivity index (χ2v) is 16.8. The second-order valence-electron chi connectivity index (χ2n) is 8.19. The molecule has 0 N–H and O–H groups in total. The van der Waals surface area contributed by atoms with Gasteiger partial charge in [0.1, 0.15) is 0 Å². The maximum atomic E-state index is 6.83. The molecule has 0 amide bonds. The molecule has 0 bridgehead atoms. The van der Waals surface area contributed by atoms with Crippen LogP contribution in [-0.2, 0) is 4.12 Å². The minimum Gasteiger partial charge on any atom is -0.455 e. The van der Waals surface area contributed by atoms with E-state index in [2.05, 4.69) is 38.3 Å². The normalized spacial score (nSPS) is 21.0. The lowest BCUT2D eigenvalue weighted by Gasteiger charge is -2.36. The van der Waals surface area contributed by atoms with Crippen LogP contribution in [0, 0.1) is 0 Å². The maximum Gasteiger partial charge on any atom is 0.177 e. The highest BCUT2D eigenvalue weighted by atomic mass is 28.4. The molecule has 2 rings (SSSR count). The van der Waals surface area contributed by atoms with Crippen LogP contribution >= 0.6 is 0 Å². The Morgan fingerprint density at radius 1 is 0.762 bits per heavy atom. The number of hydrogen-bond acceptors (Lipinski definition) is 1. The third-order valence-electron chi connectivity index (χ3n) is 4.63. The zero-order valence-corrected chi connectivity index (χ0v) is 16.6. The number of rotatable bonds is 6. The first-order valence-corrected chi connectivity index (χ1v) is 15.2. The monoisotopic (exact) mass is 322 g/mol. The van der Waals surface area contributed by atoms with Gasteiger partial charge in [-0.25, -0.2) is 0 Å². The zero-order chi connectivity index (χ0) is 15.3. The molecule has 120 valence electrons. The van der Waals surface area contributed by atoms with Gasteiger partial charge in [-0.2, -0.15) is 0 Å². The quantitative estimate of drug-likeness (QED) is 0.405. The summed E-state index contributed by atoms with van der Waals surface area (Å²) in [6, 6.07) is 2.53. The van der Waals surface area contributed by atoms with Gasteiger partial charge in [-0.1, -0.05) is 23.3 Å². The molecule has 0 fully saturated rings. The van der Waals surface area contributed by atoms with E-state index < -0.39 is 16.6 Å². The van der Waals surface area contributed by atoms with Crippen molar-refractivity contribution in [2.75, 3.05) is 0 Å². The van der Waals surface area contributed by atoms with E-state index in [1.54, 1.807) is 11.1 Å². The molecule has 21 heavy (non-hydrogen) atoms. The Morgan fingerprint density at radius 2 is 1.19 bits per heavy atom. The zero-order valence-electron chi connectivity index (χ0n) is 14.6. The highest BCUT2D eigenvalue weighted by Gasteiger charge is 2.34. The Kier molecular flexibility index (Phi) is 6.09. The second kappa shape index (κ2) is 7.43. The standard InChI is InChI=1S/C18H34OSi2/c1-20(2,15-17-11-7-5-8-12-17)19-21(3,4)16-18-13-9-6-10-14-18/h11,13H,5-10,12,14-16H2,1-4H3. The Bertz CT molecular complexity index is 369. The molecule has 0 unspecified atom stereocenters. The molecule has 2 aliphatic carbocycles. The van der Waals surface area contributed by atoms with Crippen molar-refractivity contribution in [2.24, 2.45) is 0 Å². The van der Waals surface area contributed by atoms with Gasteiger partial charge < -0.3 is 4.12 Å². The van der Waals surface area contributed by atoms with Crippen molar-refractivity contribution >= 4 is 16.6 Å². The first-order chi connectivity index (χ1) is 9.86. The van der Waals surface area contributed by atoms with Gasteiger partial charge in [0.25, 0.3) is 0 Å². The van der Waals surface area contributed by atoms with Crippen LogP contribution in [0.1, 0.15) is 51.4 Å². The van der Waals surface area contributed by atoms with Crippen molar-refractivity contribution < 1.29 is 4.12 Å². The van der Waals surface area contributed by atoms with Gasteiger partial charge in [0.05, 0.1) is 0 Å². The fourth-order valence-electron chi connectivity index (χ4n) is 4.04. The van der Waals surface area contributed by atoms with Crippen molar-refractivity contribution in [1.82, 2.24) is 0 Å². The summed E-state index contributed by atoms with van der Waals surface area (Å²) in [4.78, 5) is 0. The third-order valence-corrected chi connectivity index (χ3v) is 11.7. The first-order valence-electron chi connectivity index (χ1n) is 8.92. The lowest BCUT2D eigenvalue weighted by molar-refractivity contribution is 0.539. The van der Waals surface area contributed by atoms with E-state index in [0.717, 1.165) is 0 Å². The van der Waals surface area contributed by atoms with Gasteiger partial charge in [0.15, 0.2) is 16.6 Å². The van der Waals surface area contributed by atoms with Crippen molar-refractivity contribution in [3.63, 3.8) is 0 Å². The van der Waals surface area contributed by atoms with Crippen molar-refractivity contribution in [3.05, 3.63) is 23.3 Å². The summed E-state index contributed by atoms with van der Waals surface area (Å²) in [5.41, 5.74) is 3.39. The Labute approximate surface area is 134 Å². The van der Waals surface area contributed by atoms with Gasteiger partial charge in [-0.05, 0) is 89.6 Å². The molecular weight excluding hydrogens is 288 g/mol. The highest BCUT2D eigenvalue weighted by molar-refractivity contribution is 6.85. The average molecular weight is 323 g/mol. The highest BCUT2D eigenvalue weighted by Crippen LogP contribution is 2.32. The summed E-state index contributed by atoms with van der Waals surface area (Å²) in [7, 11) is -3.09. The molecule has 0 heterocycles. The maximum absolute atomic E-state index is 6.83. The molecule has 0 aromatic rings. The lowest BCUT2D eigenvalue weighted by atomic mass is 10.0. The van der Waals surface area contributed by atoms with Crippen LogP contribution in [-0.4, -0.2) is 16.6 Å². The predicted octanol–water partition coefficient (Wildman–Crippen LogP) is 6.41. The molecule has 0 aromatic heterocycles. The minimum atomic E-state index is -1.54. The topological polar surface area (TPSA) is 9.23 Å². The van der Waals surface area contributed by atoms with Gasteiger partial charge >= 0.3 is 0 Å². The summed E-state index contributed by atoms with van der Waals surface area (Å²) in [6.45, 7) is 9.75. The summed E-state index contributed by atoms with van der Waals surface area (Å²) in [6.07, 6.45) is 15.8. The SMILES string of the molecule is C[Si](C)(CC1=CCCCC1)O[Si](C)(C)CC1=CCCCC1. The van der Waals surface area contributed by atoms with E-state index in [1.165, 1.54) is 63.5 Å². The van der Waals surface area contributed by atoms with Crippen LogP contribution in [0.5, 0.6) is 0 Å². The summed E-state index contributed by atoms with van der Waals surface area (Å²) in [5, 5.41) is 0. The largest absolute Gasteiger partial charge is 0.455 e. The summed E-state index contributed by atoms with van der Waals surface area (Å²) in [5.74, 6) is 0. The summed E-state index contributed by atoms with van der Waals surface area (Å²) < 4.78 is 6.83. The fraction of sp³-hybridized carbons (Fsp3) is 0.778. The van der Waals surface area contributed by atoms with E-state index in [9.17, 15) is 0 Å². The molecule has 2 aliphatic rings. The average Bonchev–Trinajstić information content (AvgIpc) is 2.38. The first kappa shape index (κ1) is 17.2. The molecule has 0 atom stereocenters. The number of allylic oxidation sites excluding steroid dienone is 4. The molecule has 0 saturated heterocycles.